The Morgan fingerprint density at radius 3 is 1.77 bits per heavy atom. The van der Waals surface area contributed by atoms with Crippen LogP contribution in [-0.2, 0) is 4.79 Å². The van der Waals surface area contributed by atoms with Gasteiger partial charge in [0.1, 0.15) is 5.84 Å². The molecule has 2 aliphatic carbocycles. The van der Waals surface area contributed by atoms with E-state index in [1.54, 1.807) is 0 Å². The number of fused-ring (bicyclic) bond motifs is 2. The van der Waals surface area contributed by atoms with Gasteiger partial charge in [-0.25, -0.2) is 0 Å². The fraction of sp³-hybridized carbons (Fsp3) is 0.926. The quantitative estimate of drug-likeness (QED) is 0.335. The zero-order valence-electron chi connectivity index (χ0n) is 22.7. The number of nitrogens with one attached hydrogen (secondary N) is 2. The van der Waals surface area contributed by atoms with Crippen LogP contribution in [0.4, 0.5) is 0 Å². The van der Waals surface area contributed by atoms with Crippen LogP contribution in [-0.4, -0.2) is 90.5 Å². The van der Waals surface area contributed by atoms with Crippen molar-refractivity contribution in [2.45, 2.75) is 128 Å². The first-order valence-corrected chi connectivity index (χ1v) is 14.4. The molecule has 0 radical (unpaired) electrons. The molecule has 8 nitrogen and oxygen atoms in total. The Morgan fingerprint density at radius 2 is 1.29 bits per heavy atom. The minimum Gasteiger partial charge on any atom is -0.386 e. The average molecular weight is 492 g/mol. The number of nitrogens with two attached hydrogens (primary N) is 2. The average Bonchev–Trinajstić information content (AvgIpc) is 2.83. The lowest BCUT2D eigenvalue weighted by Crippen LogP contribution is -2.59. The molecule has 6 N–H and O–H groups in total. The Labute approximate surface area is 214 Å². The number of carbonyl (C=O) groups excluding carboxylic acids is 1. The molecule has 1 aliphatic heterocycles. The number of primary amides is 1. The number of hydrogen-bond donors (Lipinski definition) is 4. The van der Waals surface area contributed by atoms with Crippen LogP contribution in [0.2, 0.25) is 0 Å². The number of hydrogen-bond acceptors (Lipinski definition) is 6. The van der Waals surface area contributed by atoms with Crippen LogP contribution in [0, 0.1) is 0 Å². The minimum absolute atomic E-state index is 0.214. The van der Waals surface area contributed by atoms with Crippen molar-refractivity contribution >= 4 is 11.7 Å². The van der Waals surface area contributed by atoms with E-state index in [2.05, 4.69) is 46.2 Å². The van der Waals surface area contributed by atoms with E-state index in [4.69, 9.17) is 11.5 Å². The van der Waals surface area contributed by atoms with Crippen LogP contribution in [0.5, 0.6) is 0 Å². The highest BCUT2D eigenvalue weighted by Gasteiger charge is 2.34. The first kappa shape index (κ1) is 28.4. The lowest BCUT2D eigenvalue weighted by Gasteiger charge is -2.44. The van der Waals surface area contributed by atoms with Crippen LogP contribution in [0.15, 0.2) is 4.99 Å². The van der Waals surface area contributed by atoms with E-state index in [1.165, 1.54) is 44.9 Å². The largest absolute Gasteiger partial charge is 0.386 e. The molecule has 3 fully saturated rings. The maximum atomic E-state index is 12.0. The monoisotopic (exact) mass is 491 g/mol. The van der Waals surface area contributed by atoms with Crippen molar-refractivity contribution in [2.75, 3.05) is 32.7 Å². The molecule has 0 spiro atoms. The summed E-state index contributed by atoms with van der Waals surface area (Å²) in [7, 11) is 0. The van der Waals surface area contributed by atoms with E-state index >= 15 is 0 Å². The van der Waals surface area contributed by atoms with Crippen molar-refractivity contribution in [3.63, 3.8) is 0 Å². The van der Waals surface area contributed by atoms with Crippen LogP contribution in [0.25, 0.3) is 0 Å². The van der Waals surface area contributed by atoms with Crippen LogP contribution >= 0.6 is 0 Å². The topological polar surface area (TPSA) is 112 Å². The van der Waals surface area contributed by atoms with Gasteiger partial charge in [-0.1, -0.05) is 32.6 Å². The van der Waals surface area contributed by atoms with E-state index in [9.17, 15) is 4.79 Å². The SMILES string of the molecule is CCCN=C(N)CN1CC[C@H](C)NC2CCCCC2N(CC(N)=O)CC[C@@H](C)NC2CCCCC21. The van der Waals surface area contributed by atoms with E-state index in [0.717, 1.165) is 57.7 Å². The number of rotatable bonds is 6. The third-order valence-corrected chi connectivity index (χ3v) is 8.36. The van der Waals surface area contributed by atoms with Crippen molar-refractivity contribution < 1.29 is 4.79 Å². The summed E-state index contributed by atoms with van der Waals surface area (Å²) >= 11 is 0. The molecule has 6 atom stereocenters. The number of nitrogens with zero attached hydrogens (tertiary/aromatic N) is 3. The van der Waals surface area contributed by atoms with E-state index in [1.807, 2.05) is 0 Å². The number of carbonyl (C=O) groups is 1. The highest BCUT2D eigenvalue weighted by atomic mass is 16.1. The standard InChI is InChI=1S/C27H53N7O/c1-4-15-30-26(28)18-33-16-13-20(2)32-23-10-6-8-12-25(23)34(19-27(29)35)17-14-21(3)31-22-9-5-7-11-24(22)33/h20-25,31-32H,4-19H2,1-3H3,(H2,28,30)(H2,29,35)/t20-,21+,22?,23?,24?,25?/m0/s1. The van der Waals surface area contributed by atoms with Gasteiger partial charge in [0.25, 0.3) is 0 Å². The first-order chi connectivity index (χ1) is 16.9. The summed E-state index contributed by atoms with van der Waals surface area (Å²) in [5, 5.41) is 7.97. The van der Waals surface area contributed by atoms with Gasteiger partial charge in [0.05, 0.1) is 13.1 Å². The van der Waals surface area contributed by atoms with Crippen molar-refractivity contribution in [1.82, 2.24) is 20.4 Å². The Bertz CT molecular complexity index is 672. The fourth-order valence-electron chi connectivity index (χ4n) is 6.54. The molecule has 8 heteroatoms. The Balaban J connectivity index is 1.81. The number of amides is 1. The van der Waals surface area contributed by atoms with Crippen molar-refractivity contribution in [2.24, 2.45) is 16.5 Å². The second kappa shape index (κ2) is 14.5. The molecule has 3 aliphatic rings. The van der Waals surface area contributed by atoms with Gasteiger partial charge in [-0.3, -0.25) is 19.6 Å². The number of amidine groups is 1. The fourth-order valence-corrected chi connectivity index (χ4v) is 6.54. The third kappa shape index (κ3) is 8.99. The summed E-state index contributed by atoms with van der Waals surface area (Å²) in [6.45, 7) is 10.6. The van der Waals surface area contributed by atoms with Gasteiger partial charge in [0.15, 0.2) is 0 Å². The molecule has 35 heavy (non-hydrogen) atoms. The summed E-state index contributed by atoms with van der Waals surface area (Å²) in [6, 6.07) is 2.54. The summed E-state index contributed by atoms with van der Waals surface area (Å²) in [5.74, 6) is 0.565. The maximum absolute atomic E-state index is 12.0. The summed E-state index contributed by atoms with van der Waals surface area (Å²) in [5.41, 5.74) is 12.1. The molecule has 1 heterocycles. The lowest BCUT2D eigenvalue weighted by atomic mass is 9.87. The highest BCUT2D eigenvalue weighted by molar-refractivity contribution is 5.82. The van der Waals surface area contributed by atoms with Crippen LogP contribution in [0.3, 0.4) is 0 Å². The van der Waals surface area contributed by atoms with Gasteiger partial charge < -0.3 is 22.1 Å². The highest BCUT2D eigenvalue weighted by Crippen LogP contribution is 2.27. The molecule has 0 aromatic rings. The van der Waals surface area contributed by atoms with Crippen molar-refractivity contribution in [3.8, 4) is 0 Å². The van der Waals surface area contributed by atoms with E-state index in [0.29, 0.717) is 42.8 Å². The molecule has 202 valence electrons. The molecule has 1 saturated heterocycles. The summed E-state index contributed by atoms with van der Waals surface area (Å²) in [4.78, 5) is 21.6. The van der Waals surface area contributed by atoms with Crippen LogP contribution in [0.1, 0.15) is 91.4 Å². The van der Waals surface area contributed by atoms with Crippen molar-refractivity contribution in [1.29, 1.82) is 0 Å². The van der Waals surface area contributed by atoms with E-state index < -0.39 is 0 Å². The molecule has 0 aromatic carbocycles. The molecule has 1 amide bonds. The minimum atomic E-state index is -0.214. The van der Waals surface area contributed by atoms with Gasteiger partial charge in [0.2, 0.25) is 5.91 Å². The smallest absolute Gasteiger partial charge is 0.231 e. The zero-order chi connectivity index (χ0) is 25.2. The predicted octanol–water partition coefficient (Wildman–Crippen LogP) is 2.22. The van der Waals surface area contributed by atoms with Crippen LogP contribution < -0.4 is 22.1 Å². The Morgan fingerprint density at radius 1 is 0.800 bits per heavy atom. The molecule has 3 rings (SSSR count). The van der Waals surface area contributed by atoms with Gasteiger partial charge in [-0.15, -0.1) is 0 Å². The molecule has 0 bridgehead atoms. The number of aliphatic imine (C=N–C) groups is 1. The Kier molecular flexibility index (Phi) is 11.7. The molecular weight excluding hydrogens is 438 g/mol. The lowest BCUT2D eigenvalue weighted by molar-refractivity contribution is -0.120. The van der Waals surface area contributed by atoms with Gasteiger partial charge >= 0.3 is 0 Å². The molecular formula is C27H53N7O. The normalized spacial score (nSPS) is 35.0. The third-order valence-electron chi connectivity index (χ3n) is 8.36. The second-order valence-corrected chi connectivity index (χ2v) is 11.4. The van der Waals surface area contributed by atoms with Gasteiger partial charge in [-0.05, 0) is 58.8 Å². The van der Waals surface area contributed by atoms with Gasteiger partial charge in [-0.2, -0.15) is 0 Å². The molecule has 0 aromatic heterocycles. The molecule has 2 saturated carbocycles. The van der Waals surface area contributed by atoms with Crippen molar-refractivity contribution in [3.05, 3.63) is 0 Å². The zero-order valence-corrected chi connectivity index (χ0v) is 22.7. The summed E-state index contributed by atoms with van der Waals surface area (Å²) in [6.07, 6.45) is 12.9. The first-order valence-electron chi connectivity index (χ1n) is 14.4. The second-order valence-electron chi connectivity index (χ2n) is 11.4. The van der Waals surface area contributed by atoms with E-state index in [-0.39, 0.29) is 5.91 Å². The summed E-state index contributed by atoms with van der Waals surface area (Å²) < 4.78 is 0. The molecule has 4 unspecified atom stereocenters. The predicted molar refractivity (Wildman–Crippen MR) is 146 cm³/mol. The maximum Gasteiger partial charge on any atom is 0.231 e. The Hall–Kier alpha value is -1.22. The van der Waals surface area contributed by atoms with Gasteiger partial charge in [0, 0.05) is 55.9 Å².